The van der Waals surface area contributed by atoms with Crippen molar-refractivity contribution in [1.82, 2.24) is 19.8 Å². The van der Waals surface area contributed by atoms with Gasteiger partial charge >= 0.3 is 6.36 Å². The van der Waals surface area contributed by atoms with Crippen molar-refractivity contribution in [3.63, 3.8) is 0 Å². The number of rotatable bonds is 6. The first-order chi connectivity index (χ1) is 18.6. The van der Waals surface area contributed by atoms with Crippen molar-refractivity contribution in [2.24, 2.45) is 0 Å². The summed E-state index contributed by atoms with van der Waals surface area (Å²) < 4.78 is 56.4. The number of aliphatic hydroxyl groups excluding tert-OH is 1. The Morgan fingerprint density at radius 2 is 1.82 bits per heavy atom. The zero-order valence-corrected chi connectivity index (χ0v) is 21.8. The minimum atomic E-state index is -5.02. The Hall–Kier alpha value is -2.99. The fourth-order valence-electron chi connectivity index (χ4n) is 5.86. The lowest BCUT2D eigenvalue weighted by Crippen LogP contribution is -2.52. The van der Waals surface area contributed by atoms with E-state index in [1.54, 1.807) is 11.2 Å². The van der Waals surface area contributed by atoms with E-state index in [-0.39, 0.29) is 12.5 Å². The number of aryl methyl sites for hydroxylation is 1. The first kappa shape index (κ1) is 27.6. The van der Waals surface area contributed by atoms with Crippen LogP contribution in [0.5, 0.6) is 5.75 Å². The van der Waals surface area contributed by atoms with Gasteiger partial charge in [-0.1, -0.05) is 13.0 Å². The Morgan fingerprint density at radius 3 is 2.49 bits per heavy atom. The molecule has 1 aliphatic carbocycles. The number of benzene rings is 1. The van der Waals surface area contributed by atoms with E-state index in [4.69, 9.17) is 0 Å². The van der Waals surface area contributed by atoms with Crippen LogP contribution in [0.4, 0.5) is 23.4 Å². The molecule has 2 fully saturated rings. The number of likely N-dealkylation sites (tertiary alicyclic amines) is 1. The number of piperidine rings is 1. The molecule has 0 radical (unpaired) electrons. The molecule has 0 spiro atoms. The van der Waals surface area contributed by atoms with Crippen molar-refractivity contribution < 1.29 is 32.2 Å². The first-order valence-corrected chi connectivity index (χ1v) is 13.4. The highest BCUT2D eigenvalue weighted by Gasteiger charge is 2.35. The van der Waals surface area contributed by atoms with Crippen LogP contribution in [0.15, 0.2) is 24.5 Å². The van der Waals surface area contributed by atoms with Gasteiger partial charge in [-0.3, -0.25) is 4.79 Å². The highest BCUT2D eigenvalue weighted by Crippen LogP contribution is 2.37. The van der Waals surface area contributed by atoms with E-state index < -0.39 is 30.0 Å². The molecule has 2 saturated heterocycles. The van der Waals surface area contributed by atoms with Crippen LogP contribution in [0.1, 0.15) is 54.8 Å². The molecule has 0 saturated carbocycles. The Morgan fingerprint density at radius 1 is 1.10 bits per heavy atom. The number of halogens is 4. The molecule has 2 aliphatic heterocycles. The normalized spacial score (nSPS) is 21.6. The van der Waals surface area contributed by atoms with E-state index in [0.29, 0.717) is 63.6 Å². The molecule has 3 aliphatic rings. The number of aliphatic hydroxyl groups is 1. The molecule has 0 bridgehead atoms. The van der Waals surface area contributed by atoms with Crippen molar-refractivity contribution in [3.05, 3.63) is 47.2 Å². The predicted octanol–water partition coefficient (Wildman–Crippen LogP) is 3.45. The molecule has 1 N–H and O–H groups in total. The number of piperazine rings is 1. The van der Waals surface area contributed by atoms with E-state index in [0.717, 1.165) is 36.5 Å². The van der Waals surface area contributed by atoms with E-state index >= 15 is 0 Å². The minimum absolute atomic E-state index is 0.203. The number of aromatic nitrogens is 2. The standard InChI is InChI=1S/C27H33F4N5O3/c1-17-2-4-22-24(17)25(33-16-32-22)35-10-12-36(13-11-35)26(38)20(15-34-8-6-19(37)7-9-34)18-3-5-23(21(28)14-18)39-27(29,30)31/h3,5,14,16-17,19-20,37H,2,4,6-13,15H2,1H3/t17-,20-/m1/s1. The van der Waals surface area contributed by atoms with Crippen LogP contribution in [0.25, 0.3) is 0 Å². The molecule has 2 aromatic rings. The average Bonchev–Trinajstić information content (AvgIpc) is 3.29. The second-order valence-corrected chi connectivity index (χ2v) is 10.6. The van der Waals surface area contributed by atoms with Gasteiger partial charge in [0.1, 0.15) is 12.1 Å². The number of hydrogen-bond acceptors (Lipinski definition) is 7. The second-order valence-electron chi connectivity index (χ2n) is 10.6. The number of fused-ring (bicyclic) bond motifs is 1. The van der Waals surface area contributed by atoms with Gasteiger partial charge < -0.3 is 24.5 Å². The van der Waals surface area contributed by atoms with Crippen molar-refractivity contribution in [2.45, 2.75) is 56.9 Å². The van der Waals surface area contributed by atoms with Crippen LogP contribution < -0.4 is 9.64 Å². The zero-order chi connectivity index (χ0) is 27.7. The molecule has 1 aromatic heterocycles. The Kier molecular flexibility index (Phi) is 7.95. The maximum absolute atomic E-state index is 14.6. The summed E-state index contributed by atoms with van der Waals surface area (Å²) in [6.07, 6.45) is -0.724. The van der Waals surface area contributed by atoms with Gasteiger partial charge in [0.05, 0.1) is 12.0 Å². The zero-order valence-electron chi connectivity index (χ0n) is 21.8. The van der Waals surface area contributed by atoms with Crippen LogP contribution in [0.3, 0.4) is 0 Å². The first-order valence-electron chi connectivity index (χ1n) is 13.4. The number of carbonyl (C=O) groups is 1. The van der Waals surface area contributed by atoms with Crippen LogP contribution in [-0.2, 0) is 11.2 Å². The molecular formula is C27H33F4N5O3. The molecule has 3 heterocycles. The summed E-state index contributed by atoms with van der Waals surface area (Å²) in [4.78, 5) is 28.8. The highest BCUT2D eigenvalue weighted by atomic mass is 19.4. The number of amides is 1. The van der Waals surface area contributed by atoms with E-state index in [1.165, 1.54) is 11.6 Å². The lowest BCUT2D eigenvalue weighted by atomic mass is 9.94. The number of hydrogen-bond donors (Lipinski definition) is 1. The van der Waals surface area contributed by atoms with Gasteiger partial charge in [-0.15, -0.1) is 13.2 Å². The molecule has 1 amide bonds. The number of nitrogens with zero attached hydrogens (tertiary/aromatic N) is 5. The third kappa shape index (κ3) is 6.27. The van der Waals surface area contributed by atoms with Crippen LogP contribution >= 0.6 is 0 Å². The molecular weight excluding hydrogens is 518 g/mol. The predicted molar refractivity (Wildman–Crippen MR) is 135 cm³/mol. The maximum atomic E-state index is 14.6. The molecule has 8 nitrogen and oxygen atoms in total. The van der Waals surface area contributed by atoms with Gasteiger partial charge in [-0.2, -0.15) is 0 Å². The van der Waals surface area contributed by atoms with E-state index in [1.807, 2.05) is 4.90 Å². The fourth-order valence-corrected chi connectivity index (χ4v) is 5.86. The maximum Gasteiger partial charge on any atom is 0.573 e. The third-order valence-electron chi connectivity index (χ3n) is 8.02. The fraction of sp³-hybridized carbons (Fsp3) is 0.593. The van der Waals surface area contributed by atoms with Gasteiger partial charge in [-0.05, 0) is 49.3 Å². The van der Waals surface area contributed by atoms with Crippen LogP contribution in [-0.4, -0.2) is 89.1 Å². The Labute approximate surface area is 224 Å². The summed E-state index contributed by atoms with van der Waals surface area (Å²) in [7, 11) is 0. The minimum Gasteiger partial charge on any atom is -0.403 e. The number of ether oxygens (including phenoxy) is 1. The molecule has 0 unspecified atom stereocenters. The lowest BCUT2D eigenvalue weighted by Gasteiger charge is -2.39. The largest absolute Gasteiger partial charge is 0.573 e. The smallest absolute Gasteiger partial charge is 0.403 e. The number of anilines is 1. The molecule has 2 atom stereocenters. The van der Waals surface area contributed by atoms with Gasteiger partial charge in [-0.25, -0.2) is 14.4 Å². The van der Waals surface area contributed by atoms with Gasteiger partial charge in [0.2, 0.25) is 5.91 Å². The van der Waals surface area contributed by atoms with Crippen LogP contribution in [0, 0.1) is 5.82 Å². The molecule has 12 heteroatoms. The summed E-state index contributed by atoms with van der Waals surface area (Å²) in [6.45, 7) is 5.65. The Bertz CT molecular complexity index is 1180. The van der Waals surface area contributed by atoms with E-state index in [2.05, 4.69) is 26.5 Å². The summed E-state index contributed by atoms with van der Waals surface area (Å²) >= 11 is 0. The topological polar surface area (TPSA) is 82.0 Å². The summed E-state index contributed by atoms with van der Waals surface area (Å²) in [5, 5.41) is 9.87. The quantitative estimate of drug-likeness (QED) is 0.551. The number of alkyl halides is 3. The van der Waals surface area contributed by atoms with Crippen molar-refractivity contribution in [1.29, 1.82) is 0 Å². The van der Waals surface area contributed by atoms with E-state index in [9.17, 15) is 27.5 Å². The van der Waals surface area contributed by atoms with Crippen molar-refractivity contribution in [3.8, 4) is 5.75 Å². The molecule has 5 rings (SSSR count). The van der Waals surface area contributed by atoms with Gasteiger partial charge in [0.15, 0.2) is 11.6 Å². The highest BCUT2D eigenvalue weighted by molar-refractivity contribution is 5.84. The average molecular weight is 552 g/mol. The number of carbonyl (C=O) groups excluding carboxylic acids is 1. The summed E-state index contributed by atoms with van der Waals surface area (Å²) in [6, 6.07) is 3.21. The van der Waals surface area contributed by atoms with Gasteiger partial charge in [0, 0.05) is 57.1 Å². The molecule has 1 aromatic carbocycles. The molecule has 39 heavy (non-hydrogen) atoms. The van der Waals surface area contributed by atoms with Crippen LogP contribution in [0.2, 0.25) is 0 Å². The van der Waals surface area contributed by atoms with Crippen molar-refractivity contribution in [2.75, 3.05) is 50.7 Å². The summed E-state index contributed by atoms with van der Waals surface area (Å²) in [5.74, 6) is -1.78. The Balaban J connectivity index is 1.32. The second kappa shape index (κ2) is 11.2. The SMILES string of the molecule is C[C@@H]1CCc2ncnc(N3CCN(C(=O)[C@H](CN4CCC(O)CC4)c4ccc(OC(F)(F)F)c(F)c4)CC3)c21. The van der Waals surface area contributed by atoms with Gasteiger partial charge in [0.25, 0.3) is 0 Å². The molecule has 212 valence electrons. The van der Waals surface area contributed by atoms with Crippen molar-refractivity contribution >= 4 is 11.7 Å². The third-order valence-corrected chi connectivity index (χ3v) is 8.02. The summed E-state index contributed by atoms with van der Waals surface area (Å²) in [5.41, 5.74) is 2.56. The monoisotopic (exact) mass is 551 g/mol. The lowest BCUT2D eigenvalue weighted by molar-refractivity contribution is -0.275.